The summed E-state index contributed by atoms with van der Waals surface area (Å²) < 4.78 is 8.02. The van der Waals surface area contributed by atoms with Crippen molar-refractivity contribution < 1.29 is 9.32 Å². The van der Waals surface area contributed by atoms with E-state index in [0.717, 1.165) is 24.1 Å². The number of benzene rings is 2. The molecule has 35 heavy (non-hydrogen) atoms. The highest BCUT2D eigenvalue weighted by molar-refractivity contribution is 6.30. The van der Waals surface area contributed by atoms with Gasteiger partial charge in [0.05, 0.1) is 5.56 Å². The monoisotopic (exact) mass is 486 g/mol. The molecule has 0 radical (unpaired) electrons. The van der Waals surface area contributed by atoms with E-state index < -0.39 is 5.69 Å². The highest BCUT2D eigenvalue weighted by Crippen LogP contribution is 2.28. The van der Waals surface area contributed by atoms with Gasteiger partial charge in [-0.05, 0) is 48.7 Å². The number of carbonyl (C=O) groups excluding carboxylic acids is 1. The van der Waals surface area contributed by atoms with E-state index in [0.29, 0.717) is 34.2 Å². The van der Waals surface area contributed by atoms with Crippen molar-refractivity contribution in [3.63, 3.8) is 0 Å². The van der Waals surface area contributed by atoms with Gasteiger partial charge < -0.3 is 9.42 Å². The number of anilines is 1. The Labute approximate surface area is 204 Å². The van der Waals surface area contributed by atoms with Crippen LogP contribution < -0.4 is 10.6 Å². The lowest BCUT2D eigenvalue weighted by molar-refractivity contribution is -0.119. The predicted octanol–water partition coefficient (Wildman–Crippen LogP) is 3.85. The minimum atomic E-state index is -0.421. The number of amides is 1. The van der Waals surface area contributed by atoms with Crippen molar-refractivity contribution in [3.05, 3.63) is 87.9 Å². The molecule has 3 aromatic heterocycles. The Hall–Kier alpha value is -4.24. The van der Waals surface area contributed by atoms with Gasteiger partial charge >= 0.3 is 5.69 Å². The number of hydrogen-bond donors (Lipinski definition) is 0. The molecule has 0 unspecified atom stereocenters. The summed E-state index contributed by atoms with van der Waals surface area (Å²) in [6.07, 6.45) is 3.40. The van der Waals surface area contributed by atoms with E-state index in [1.165, 1.54) is 9.08 Å². The molecule has 0 atom stereocenters. The van der Waals surface area contributed by atoms with Gasteiger partial charge in [0.25, 0.3) is 5.89 Å². The van der Waals surface area contributed by atoms with Crippen LogP contribution in [0.15, 0.2) is 76.2 Å². The minimum Gasteiger partial charge on any atom is -0.333 e. The molecular weight excluding hydrogens is 468 g/mol. The van der Waals surface area contributed by atoms with E-state index >= 15 is 0 Å². The molecular formula is C25H19ClN6O3. The number of hydrogen-bond acceptors (Lipinski definition) is 6. The second kappa shape index (κ2) is 8.52. The Kier molecular flexibility index (Phi) is 5.18. The molecule has 0 aliphatic carbocycles. The van der Waals surface area contributed by atoms with Crippen LogP contribution in [0.5, 0.6) is 0 Å². The second-order valence-corrected chi connectivity index (χ2v) is 8.70. The van der Waals surface area contributed by atoms with Gasteiger partial charge in [0.1, 0.15) is 6.54 Å². The lowest BCUT2D eigenvalue weighted by Gasteiger charge is -2.29. The summed E-state index contributed by atoms with van der Waals surface area (Å²) >= 11 is 6.07. The lowest BCUT2D eigenvalue weighted by Crippen LogP contribution is -2.39. The van der Waals surface area contributed by atoms with Crippen LogP contribution in [0.25, 0.3) is 28.5 Å². The van der Waals surface area contributed by atoms with Crippen molar-refractivity contribution in [2.75, 3.05) is 11.4 Å². The average Bonchev–Trinajstić information content (AvgIpc) is 3.49. The maximum Gasteiger partial charge on any atom is 0.350 e. The predicted molar refractivity (Wildman–Crippen MR) is 130 cm³/mol. The molecule has 1 aliphatic heterocycles. The van der Waals surface area contributed by atoms with Gasteiger partial charge in [0.15, 0.2) is 5.65 Å². The SMILES string of the molecule is O=C(Cn1nc2c(-c3nc(-c4cccc(Cl)c4)no3)cccn2c1=O)N1CCCc2ccccc21. The number of aryl methyl sites for hydroxylation is 1. The zero-order valence-corrected chi connectivity index (χ0v) is 19.2. The third-order valence-electron chi connectivity index (χ3n) is 6.05. The van der Waals surface area contributed by atoms with Crippen molar-refractivity contribution >= 4 is 28.8 Å². The topological polar surface area (TPSA) is 98.5 Å². The highest BCUT2D eigenvalue weighted by Gasteiger charge is 2.24. The van der Waals surface area contributed by atoms with Crippen molar-refractivity contribution in [2.24, 2.45) is 0 Å². The summed E-state index contributed by atoms with van der Waals surface area (Å²) in [5, 5.41) is 9.05. The van der Waals surface area contributed by atoms with E-state index in [-0.39, 0.29) is 18.3 Å². The summed E-state index contributed by atoms with van der Waals surface area (Å²) in [4.78, 5) is 32.4. The maximum absolute atomic E-state index is 13.2. The number of carbonyl (C=O) groups is 1. The molecule has 10 heteroatoms. The molecule has 0 saturated heterocycles. The first kappa shape index (κ1) is 21.3. The number of para-hydroxylation sites is 1. The van der Waals surface area contributed by atoms with Crippen LogP contribution in [0.3, 0.4) is 0 Å². The number of nitrogens with zero attached hydrogens (tertiary/aromatic N) is 6. The van der Waals surface area contributed by atoms with Crippen LogP contribution in [0.2, 0.25) is 5.02 Å². The minimum absolute atomic E-state index is 0.175. The Morgan fingerprint density at radius 3 is 2.86 bits per heavy atom. The summed E-state index contributed by atoms with van der Waals surface area (Å²) in [6, 6.07) is 18.4. The summed E-state index contributed by atoms with van der Waals surface area (Å²) in [5.41, 5.74) is 3.11. The fourth-order valence-corrected chi connectivity index (χ4v) is 4.58. The molecule has 0 spiro atoms. The number of fused-ring (bicyclic) bond motifs is 2. The lowest BCUT2D eigenvalue weighted by atomic mass is 10.0. The molecule has 0 N–H and O–H groups in total. The number of halogens is 1. The molecule has 2 aromatic carbocycles. The molecule has 174 valence electrons. The van der Waals surface area contributed by atoms with Gasteiger partial charge in [0.2, 0.25) is 11.7 Å². The largest absolute Gasteiger partial charge is 0.350 e. The molecule has 6 rings (SSSR count). The van der Waals surface area contributed by atoms with Crippen molar-refractivity contribution in [2.45, 2.75) is 19.4 Å². The van der Waals surface area contributed by atoms with Gasteiger partial charge in [-0.2, -0.15) is 4.98 Å². The highest BCUT2D eigenvalue weighted by atomic mass is 35.5. The van der Waals surface area contributed by atoms with Gasteiger partial charge in [0, 0.05) is 29.0 Å². The van der Waals surface area contributed by atoms with E-state index in [1.807, 2.05) is 30.3 Å². The molecule has 5 aromatic rings. The quantitative estimate of drug-likeness (QED) is 0.382. The van der Waals surface area contributed by atoms with Gasteiger partial charge in [-0.15, -0.1) is 5.10 Å². The Balaban J connectivity index is 1.34. The zero-order chi connectivity index (χ0) is 23.9. The Morgan fingerprint density at radius 1 is 1.09 bits per heavy atom. The number of aromatic nitrogens is 5. The van der Waals surface area contributed by atoms with E-state index in [2.05, 4.69) is 15.2 Å². The zero-order valence-electron chi connectivity index (χ0n) is 18.5. The standard InChI is InChI=1S/C25H19ClN6O3/c26-18-9-3-7-17(14-18)22-27-24(35-29-22)19-10-5-13-31-23(19)28-32(25(31)34)15-21(33)30-12-4-8-16-6-1-2-11-20(16)30/h1-3,5-7,9-11,13-14H,4,8,12,15H2. The first-order valence-corrected chi connectivity index (χ1v) is 11.5. The normalized spacial score (nSPS) is 13.2. The maximum atomic E-state index is 13.2. The molecule has 0 fully saturated rings. The fourth-order valence-electron chi connectivity index (χ4n) is 4.39. The summed E-state index contributed by atoms with van der Waals surface area (Å²) in [6.45, 7) is 0.434. The van der Waals surface area contributed by atoms with Crippen LogP contribution in [-0.2, 0) is 17.8 Å². The van der Waals surface area contributed by atoms with Crippen molar-refractivity contribution in [1.29, 1.82) is 0 Å². The summed E-state index contributed by atoms with van der Waals surface area (Å²) in [5.74, 6) is 0.384. The van der Waals surface area contributed by atoms with Gasteiger partial charge in [-0.25, -0.2) is 13.9 Å². The smallest absolute Gasteiger partial charge is 0.333 e. The Morgan fingerprint density at radius 2 is 1.97 bits per heavy atom. The first-order chi connectivity index (χ1) is 17.1. The molecule has 1 aliphatic rings. The second-order valence-electron chi connectivity index (χ2n) is 8.27. The molecule has 0 saturated carbocycles. The third kappa shape index (κ3) is 3.79. The number of rotatable bonds is 4. The van der Waals surface area contributed by atoms with E-state index in [9.17, 15) is 9.59 Å². The van der Waals surface area contributed by atoms with Crippen LogP contribution in [0.1, 0.15) is 12.0 Å². The molecule has 4 heterocycles. The van der Waals surface area contributed by atoms with Crippen molar-refractivity contribution in [3.8, 4) is 22.8 Å². The summed E-state index contributed by atoms with van der Waals surface area (Å²) in [7, 11) is 0. The average molecular weight is 487 g/mol. The Bertz CT molecular complexity index is 1640. The first-order valence-electron chi connectivity index (χ1n) is 11.1. The van der Waals surface area contributed by atoms with Crippen LogP contribution >= 0.6 is 11.6 Å². The molecule has 0 bridgehead atoms. The van der Waals surface area contributed by atoms with Crippen molar-refractivity contribution in [1.82, 2.24) is 24.3 Å². The van der Waals surface area contributed by atoms with Crippen LogP contribution in [0, 0.1) is 0 Å². The van der Waals surface area contributed by atoms with E-state index in [1.54, 1.807) is 41.4 Å². The molecule has 1 amide bonds. The fraction of sp³-hybridized carbons (Fsp3) is 0.160. The van der Waals surface area contributed by atoms with Gasteiger partial charge in [-0.3, -0.25) is 4.79 Å². The van der Waals surface area contributed by atoms with Gasteiger partial charge in [-0.1, -0.05) is 47.1 Å². The van der Waals surface area contributed by atoms with E-state index in [4.69, 9.17) is 16.1 Å². The van der Waals surface area contributed by atoms with Crippen LogP contribution in [0.4, 0.5) is 5.69 Å². The number of pyridine rings is 1. The third-order valence-corrected chi connectivity index (χ3v) is 6.28. The van der Waals surface area contributed by atoms with Crippen LogP contribution in [-0.4, -0.2) is 36.8 Å². The molecule has 9 nitrogen and oxygen atoms in total.